The number of carbonyl (C=O) groups excluding carboxylic acids is 1. The molecule has 2 rings (SSSR count). The van der Waals surface area contributed by atoms with E-state index in [0.717, 1.165) is 10.0 Å². The molecule has 5 nitrogen and oxygen atoms in total. The number of hydrogen-bond donors (Lipinski definition) is 2. The fourth-order valence-corrected chi connectivity index (χ4v) is 2.22. The third-order valence-corrected chi connectivity index (χ3v) is 3.66. The Balaban J connectivity index is 1.64. The van der Waals surface area contributed by atoms with Crippen LogP contribution < -0.4 is 10.6 Å². The van der Waals surface area contributed by atoms with Crippen LogP contribution in [-0.4, -0.2) is 31.6 Å². The fraction of sp³-hybridized carbons (Fsp3) is 0.500. The second-order valence-electron chi connectivity index (χ2n) is 4.82. The average Bonchev–Trinajstić information content (AvgIpc) is 2.85. The van der Waals surface area contributed by atoms with E-state index in [1.54, 1.807) is 0 Å². The maximum atomic E-state index is 11.6. The number of ether oxygens (including phenoxy) is 2. The minimum Gasteiger partial charge on any atom is -0.348 e. The third kappa shape index (κ3) is 4.77. The Labute approximate surface area is 127 Å². The zero-order valence-corrected chi connectivity index (χ0v) is 13.0. The molecule has 2 amide bonds. The van der Waals surface area contributed by atoms with Crippen molar-refractivity contribution in [2.45, 2.75) is 25.7 Å². The van der Waals surface area contributed by atoms with E-state index in [0.29, 0.717) is 32.7 Å². The predicted molar refractivity (Wildman–Crippen MR) is 79.3 cm³/mol. The zero-order valence-electron chi connectivity index (χ0n) is 11.4. The lowest BCUT2D eigenvalue weighted by Gasteiger charge is -2.22. The SMILES string of the molecule is CC1(CCNC(=O)NCc2ccc(Br)cc2)OCCO1. The summed E-state index contributed by atoms with van der Waals surface area (Å²) < 4.78 is 12.0. The fourth-order valence-electron chi connectivity index (χ4n) is 1.95. The van der Waals surface area contributed by atoms with Crippen LogP contribution in [0.2, 0.25) is 0 Å². The summed E-state index contributed by atoms with van der Waals surface area (Å²) in [5, 5.41) is 5.61. The molecule has 1 aromatic carbocycles. The zero-order chi connectivity index (χ0) is 14.4. The Hall–Kier alpha value is -1.11. The van der Waals surface area contributed by atoms with E-state index in [9.17, 15) is 4.79 Å². The highest BCUT2D eigenvalue weighted by molar-refractivity contribution is 9.10. The molecule has 0 aliphatic carbocycles. The van der Waals surface area contributed by atoms with E-state index in [1.807, 2.05) is 31.2 Å². The molecule has 0 aromatic heterocycles. The lowest BCUT2D eigenvalue weighted by molar-refractivity contribution is -0.145. The van der Waals surface area contributed by atoms with Crippen molar-refractivity contribution >= 4 is 22.0 Å². The van der Waals surface area contributed by atoms with Crippen LogP contribution in [0.25, 0.3) is 0 Å². The summed E-state index contributed by atoms with van der Waals surface area (Å²) in [5.41, 5.74) is 1.05. The lowest BCUT2D eigenvalue weighted by Crippen LogP contribution is -2.39. The number of carbonyl (C=O) groups is 1. The van der Waals surface area contributed by atoms with Crippen molar-refractivity contribution in [2.24, 2.45) is 0 Å². The molecule has 0 atom stereocenters. The van der Waals surface area contributed by atoms with Gasteiger partial charge in [-0.2, -0.15) is 0 Å². The van der Waals surface area contributed by atoms with Crippen LogP contribution in [0.5, 0.6) is 0 Å². The molecular formula is C14H19BrN2O3. The number of amides is 2. The van der Waals surface area contributed by atoms with Gasteiger partial charge in [-0.15, -0.1) is 0 Å². The van der Waals surface area contributed by atoms with Crippen LogP contribution in [0.15, 0.2) is 28.7 Å². The molecule has 20 heavy (non-hydrogen) atoms. The second-order valence-corrected chi connectivity index (χ2v) is 5.73. The Morgan fingerprint density at radius 2 is 1.90 bits per heavy atom. The molecule has 0 bridgehead atoms. The van der Waals surface area contributed by atoms with Gasteiger partial charge in [-0.3, -0.25) is 0 Å². The van der Waals surface area contributed by atoms with Crippen molar-refractivity contribution < 1.29 is 14.3 Å². The van der Waals surface area contributed by atoms with E-state index in [1.165, 1.54) is 0 Å². The van der Waals surface area contributed by atoms with E-state index >= 15 is 0 Å². The average molecular weight is 343 g/mol. The van der Waals surface area contributed by atoms with Gasteiger partial charge < -0.3 is 20.1 Å². The quantitative estimate of drug-likeness (QED) is 0.863. The van der Waals surface area contributed by atoms with Crippen molar-refractivity contribution in [1.82, 2.24) is 10.6 Å². The molecule has 1 fully saturated rings. The first-order valence-corrected chi connectivity index (χ1v) is 7.41. The highest BCUT2D eigenvalue weighted by atomic mass is 79.9. The predicted octanol–water partition coefficient (Wildman–Crippen LogP) is 2.40. The highest BCUT2D eigenvalue weighted by Crippen LogP contribution is 2.21. The molecular weight excluding hydrogens is 324 g/mol. The van der Waals surface area contributed by atoms with E-state index < -0.39 is 5.79 Å². The topological polar surface area (TPSA) is 59.6 Å². The molecule has 0 spiro atoms. The first kappa shape index (κ1) is 15.3. The van der Waals surface area contributed by atoms with Gasteiger partial charge in [0.1, 0.15) is 0 Å². The van der Waals surface area contributed by atoms with Gasteiger partial charge in [0.05, 0.1) is 13.2 Å². The smallest absolute Gasteiger partial charge is 0.315 e. The van der Waals surface area contributed by atoms with Crippen molar-refractivity contribution in [3.8, 4) is 0 Å². The second kappa shape index (κ2) is 7.06. The Kier molecular flexibility index (Phi) is 5.39. The van der Waals surface area contributed by atoms with Gasteiger partial charge >= 0.3 is 6.03 Å². The normalized spacial score (nSPS) is 16.9. The maximum Gasteiger partial charge on any atom is 0.315 e. The van der Waals surface area contributed by atoms with Gasteiger partial charge in [-0.1, -0.05) is 28.1 Å². The number of halogens is 1. The summed E-state index contributed by atoms with van der Waals surface area (Å²) in [6, 6.07) is 7.64. The molecule has 1 aromatic rings. The Morgan fingerprint density at radius 3 is 2.55 bits per heavy atom. The summed E-state index contributed by atoms with van der Waals surface area (Å²) >= 11 is 3.37. The summed E-state index contributed by atoms with van der Waals surface area (Å²) in [4.78, 5) is 11.6. The van der Waals surface area contributed by atoms with Crippen LogP contribution in [0.1, 0.15) is 18.9 Å². The van der Waals surface area contributed by atoms with Crippen LogP contribution in [0.3, 0.4) is 0 Å². The number of urea groups is 1. The van der Waals surface area contributed by atoms with E-state index in [2.05, 4.69) is 26.6 Å². The number of hydrogen-bond acceptors (Lipinski definition) is 3. The number of benzene rings is 1. The minimum atomic E-state index is -0.557. The van der Waals surface area contributed by atoms with Crippen LogP contribution in [0, 0.1) is 0 Å². The van der Waals surface area contributed by atoms with Crippen LogP contribution in [-0.2, 0) is 16.0 Å². The highest BCUT2D eigenvalue weighted by Gasteiger charge is 2.30. The van der Waals surface area contributed by atoms with E-state index in [-0.39, 0.29) is 6.03 Å². The van der Waals surface area contributed by atoms with Crippen molar-refractivity contribution in [1.29, 1.82) is 0 Å². The monoisotopic (exact) mass is 342 g/mol. The number of nitrogens with one attached hydrogen (secondary N) is 2. The van der Waals surface area contributed by atoms with Crippen molar-refractivity contribution in [3.05, 3.63) is 34.3 Å². The molecule has 0 radical (unpaired) electrons. The molecule has 6 heteroatoms. The van der Waals surface area contributed by atoms with Crippen LogP contribution in [0.4, 0.5) is 4.79 Å². The van der Waals surface area contributed by atoms with Gasteiger partial charge in [0, 0.05) is 24.0 Å². The van der Waals surface area contributed by atoms with Gasteiger partial charge in [0.15, 0.2) is 5.79 Å². The van der Waals surface area contributed by atoms with Crippen molar-refractivity contribution in [2.75, 3.05) is 19.8 Å². The lowest BCUT2D eigenvalue weighted by atomic mass is 10.2. The molecule has 1 aliphatic heterocycles. The molecule has 110 valence electrons. The third-order valence-electron chi connectivity index (χ3n) is 3.13. The van der Waals surface area contributed by atoms with Gasteiger partial charge in [-0.25, -0.2) is 4.79 Å². The van der Waals surface area contributed by atoms with Gasteiger partial charge in [-0.05, 0) is 24.6 Å². The molecule has 1 aliphatic rings. The van der Waals surface area contributed by atoms with Gasteiger partial charge in [0.25, 0.3) is 0 Å². The summed E-state index contributed by atoms with van der Waals surface area (Å²) in [7, 11) is 0. The standard InChI is InChI=1S/C14H19BrN2O3/c1-14(19-8-9-20-14)6-7-16-13(18)17-10-11-2-4-12(15)5-3-11/h2-5H,6-10H2,1H3,(H2,16,17,18). The largest absolute Gasteiger partial charge is 0.348 e. The maximum absolute atomic E-state index is 11.6. The van der Waals surface area contributed by atoms with Crippen LogP contribution >= 0.6 is 15.9 Å². The molecule has 2 N–H and O–H groups in total. The van der Waals surface area contributed by atoms with Gasteiger partial charge in [0.2, 0.25) is 0 Å². The molecule has 1 heterocycles. The Bertz CT molecular complexity index is 444. The van der Waals surface area contributed by atoms with Crippen molar-refractivity contribution in [3.63, 3.8) is 0 Å². The molecule has 0 unspecified atom stereocenters. The minimum absolute atomic E-state index is 0.186. The first-order chi connectivity index (χ1) is 9.57. The number of rotatable bonds is 5. The summed E-state index contributed by atoms with van der Waals surface area (Å²) in [6.45, 7) is 4.14. The molecule has 0 saturated carbocycles. The molecule has 1 saturated heterocycles. The summed E-state index contributed by atoms with van der Waals surface area (Å²) in [6.07, 6.45) is 0.638. The first-order valence-electron chi connectivity index (χ1n) is 6.61. The van der Waals surface area contributed by atoms with E-state index in [4.69, 9.17) is 9.47 Å². The summed E-state index contributed by atoms with van der Waals surface area (Å²) in [5.74, 6) is -0.557. The Morgan fingerprint density at radius 1 is 1.25 bits per heavy atom.